The number of tetrazole rings is 1. The minimum absolute atomic E-state index is 0.000486. The summed E-state index contributed by atoms with van der Waals surface area (Å²) in [6, 6.07) is 6.16. The lowest BCUT2D eigenvalue weighted by molar-refractivity contribution is -0.390. The molecular formula is C10H7N7O3. The molecule has 0 N–H and O–H groups in total. The molecule has 0 aromatic carbocycles. The molecule has 0 aliphatic carbocycles. The first kappa shape index (κ1) is 11.9. The Morgan fingerprint density at radius 2 is 2.15 bits per heavy atom. The number of aryl methyl sites for hydroxylation is 1. The summed E-state index contributed by atoms with van der Waals surface area (Å²) in [7, 11) is 0. The van der Waals surface area contributed by atoms with Crippen LogP contribution in [0.25, 0.3) is 5.65 Å². The Morgan fingerprint density at radius 3 is 2.95 bits per heavy atom. The maximum atomic E-state index is 10.9. The lowest BCUT2D eigenvalue weighted by atomic mass is 10.3. The van der Waals surface area contributed by atoms with Crippen molar-refractivity contribution in [1.29, 1.82) is 0 Å². The number of rotatable bonds is 3. The van der Waals surface area contributed by atoms with Crippen molar-refractivity contribution in [3.63, 3.8) is 0 Å². The zero-order valence-corrected chi connectivity index (χ0v) is 10.2. The maximum Gasteiger partial charge on any atom is 0.407 e. The number of ether oxygens (including phenoxy) is 1. The van der Waals surface area contributed by atoms with Gasteiger partial charge in [0, 0.05) is 13.0 Å². The molecular weight excluding hydrogens is 266 g/mol. The highest BCUT2D eigenvalue weighted by atomic mass is 16.6. The van der Waals surface area contributed by atoms with Crippen LogP contribution in [-0.4, -0.2) is 35.2 Å². The molecule has 3 aromatic rings. The second kappa shape index (κ2) is 4.50. The first-order chi connectivity index (χ1) is 9.63. The van der Waals surface area contributed by atoms with Crippen LogP contribution in [0, 0.1) is 17.0 Å². The van der Waals surface area contributed by atoms with Crippen LogP contribution >= 0.6 is 0 Å². The van der Waals surface area contributed by atoms with E-state index in [4.69, 9.17) is 4.74 Å². The van der Waals surface area contributed by atoms with E-state index >= 15 is 0 Å². The van der Waals surface area contributed by atoms with Crippen LogP contribution < -0.4 is 4.74 Å². The third kappa shape index (κ3) is 2.09. The van der Waals surface area contributed by atoms with Crippen molar-refractivity contribution in [2.75, 3.05) is 0 Å². The molecule has 0 atom stereocenters. The van der Waals surface area contributed by atoms with Crippen LogP contribution in [0.4, 0.5) is 5.82 Å². The third-order valence-electron chi connectivity index (χ3n) is 2.41. The van der Waals surface area contributed by atoms with Gasteiger partial charge in [0.1, 0.15) is 5.69 Å². The van der Waals surface area contributed by atoms with E-state index in [1.807, 2.05) is 0 Å². The maximum absolute atomic E-state index is 10.9. The largest absolute Gasteiger partial charge is 0.429 e. The molecule has 0 bridgehead atoms. The van der Waals surface area contributed by atoms with Crippen LogP contribution in [0.1, 0.15) is 5.69 Å². The van der Waals surface area contributed by atoms with Gasteiger partial charge in [-0.1, -0.05) is 0 Å². The van der Waals surface area contributed by atoms with Gasteiger partial charge in [-0.05, 0) is 38.5 Å². The number of fused-ring (bicyclic) bond motifs is 1. The Labute approximate surface area is 111 Å². The Balaban J connectivity index is 1.99. The molecule has 0 saturated heterocycles. The van der Waals surface area contributed by atoms with Crippen molar-refractivity contribution in [3.05, 3.63) is 40.1 Å². The molecule has 0 aliphatic rings. The lowest BCUT2D eigenvalue weighted by Crippen LogP contribution is -2.01. The summed E-state index contributed by atoms with van der Waals surface area (Å²) in [6.07, 6.45) is 0. The second-order valence-electron chi connectivity index (χ2n) is 3.83. The van der Waals surface area contributed by atoms with Crippen LogP contribution in [0.5, 0.6) is 11.6 Å². The number of nitrogens with zero attached hydrogens (tertiary/aromatic N) is 7. The van der Waals surface area contributed by atoms with E-state index in [0.717, 1.165) is 4.63 Å². The van der Waals surface area contributed by atoms with Gasteiger partial charge in [-0.25, -0.2) is 0 Å². The molecule has 3 rings (SSSR count). The minimum Gasteiger partial charge on any atom is -0.429 e. The summed E-state index contributed by atoms with van der Waals surface area (Å²) in [6.45, 7) is 1.65. The van der Waals surface area contributed by atoms with Crippen LogP contribution in [0.3, 0.4) is 0 Å². The quantitative estimate of drug-likeness (QED) is 0.510. The number of nitro groups is 1. The topological polar surface area (TPSA) is 121 Å². The molecule has 0 fully saturated rings. The van der Waals surface area contributed by atoms with E-state index in [9.17, 15) is 10.1 Å². The predicted octanol–water partition coefficient (Wildman–Crippen LogP) is 0.923. The third-order valence-corrected chi connectivity index (χ3v) is 2.41. The van der Waals surface area contributed by atoms with Crippen molar-refractivity contribution >= 4 is 11.5 Å². The smallest absolute Gasteiger partial charge is 0.407 e. The summed E-state index contributed by atoms with van der Waals surface area (Å²) in [5.74, 6) is -0.248. The average Bonchev–Trinajstić information content (AvgIpc) is 2.88. The van der Waals surface area contributed by atoms with E-state index in [1.165, 1.54) is 12.1 Å². The Kier molecular flexibility index (Phi) is 2.67. The van der Waals surface area contributed by atoms with Crippen LogP contribution in [0.2, 0.25) is 0 Å². The molecule has 0 radical (unpaired) electrons. The first-order valence-corrected chi connectivity index (χ1v) is 5.49. The van der Waals surface area contributed by atoms with Gasteiger partial charge < -0.3 is 14.9 Å². The van der Waals surface area contributed by atoms with E-state index in [0.29, 0.717) is 11.3 Å². The summed E-state index contributed by atoms with van der Waals surface area (Å²) < 4.78 is 6.53. The molecule has 0 spiro atoms. The number of hydrogen-bond acceptors (Lipinski definition) is 8. The minimum atomic E-state index is -0.613. The molecule has 3 aromatic heterocycles. The fourth-order valence-corrected chi connectivity index (χ4v) is 1.54. The zero-order chi connectivity index (χ0) is 14.1. The molecule has 0 aliphatic heterocycles. The Hall–Kier alpha value is -3.17. The molecule has 0 unspecified atom stereocenters. The van der Waals surface area contributed by atoms with Gasteiger partial charge >= 0.3 is 5.82 Å². The summed E-state index contributed by atoms with van der Waals surface area (Å²) >= 11 is 0. The van der Waals surface area contributed by atoms with Crippen molar-refractivity contribution in [2.24, 2.45) is 0 Å². The van der Waals surface area contributed by atoms with Gasteiger partial charge in [0.2, 0.25) is 11.6 Å². The first-order valence-electron chi connectivity index (χ1n) is 5.49. The van der Waals surface area contributed by atoms with Gasteiger partial charge in [0.05, 0.1) is 0 Å². The van der Waals surface area contributed by atoms with Crippen LogP contribution in [0.15, 0.2) is 24.3 Å². The van der Waals surface area contributed by atoms with Crippen LogP contribution in [-0.2, 0) is 0 Å². The predicted molar refractivity (Wildman–Crippen MR) is 64.3 cm³/mol. The molecule has 10 heteroatoms. The van der Waals surface area contributed by atoms with E-state index < -0.39 is 4.92 Å². The molecule has 3 heterocycles. The number of pyridine rings is 1. The fraction of sp³-hybridized carbons (Fsp3) is 0.100. The Bertz CT molecular complexity index is 800. The fourth-order valence-electron chi connectivity index (χ4n) is 1.54. The van der Waals surface area contributed by atoms with Gasteiger partial charge in [0.15, 0.2) is 5.65 Å². The molecule has 0 amide bonds. The summed E-state index contributed by atoms with van der Waals surface area (Å²) in [4.78, 5) is 14.1. The summed E-state index contributed by atoms with van der Waals surface area (Å²) in [5.41, 5.74) is 0.960. The lowest BCUT2D eigenvalue weighted by Gasteiger charge is -2.04. The van der Waals surface area contributed by atoms with Crippen molar-refractivity contribution < 1.29 is 9.66 Å². The molecule has 0 saturated carbocycles. The van der Waals surface area contributed by atoms with Gasteiger partial charge in [-0.3, -0.25) is 0 Å². The normalized spacial score (nSPS) is 10.7. The molecule has 100 valence electrons. The highest BCUT2D eigenvalue weighted by molar-refractivity contribution is 5.43. The molecule has 20 heavy (non-hydrogen) atoms. The van der Waals surface area contributed by atoms with E-state index in [1.54, 1.807) is 19.1 Å². The SMILES string of the molecule is Cc1ccc(Oc2ccc3nnnn3n2)c([N+](=O)[O-])n1. The Morgan fingerprint density at radius 1 is 1.30 bits per heavy atom. The summed E-state index contributed by atoms with van der Waals surface area (Å²) in [5, 5.41) is 25.6. The monoisotopic (exact) mass is 273 g/mol. The highest BCUT2D eigenvalue weighted by Crippen LogP contribution is 2.28. The number of aromatic nitrogens is 6. The van der Waals surface area contributed by atoms with Crippen molar-refractivity contribution in [3.8, 4) is 11.6 Å². The van der Waals surface area contributed by atoms with Crippen molar-refractivity contribution in [1.82, 2.24) is 30.2 Å². The zero-order valence-electron chi connectivity index (χ0n) is 10.2. The van der Waals surface area contributed by atoms with Gasteiger partial charge in [0.25, 0.3) is 0 Å². The average molecular weight is 273 g/mol. The highest BCUT2D eigenvalue weighted by Gasteiger charge is 2.19. The molecule has 10 nitrogen and oxygen atoms in total. The second-order valence-corrected chi connectivity index (χ2v) is 3.83. The van der Waals surface area contributed by atoms with Gasteiger partial charge in [-0.2, -0.15) is 0 Å². The number of hydrogen-bond donors (Lipinski definition) is 0. The van der Waals surface area contributed by atoms with Gasteiger partial charge in [-0.15, -0.1) is 14.8 Å². The van der Waals surface area contributed by atoms with E-state index in [2.05, 4.69) is 25.6 Å². The standard InChI is InChI=1S/C10H7N7O3/c1-6-2-3-7(10(11-6)17(18)19)20-9-5-4-8-12-14-15-16(8)13-9/h2-5H,1H3. The van der Waals surface area contributed by atoms with E-state index in [-0.39, 0.29) is 17.4 Å². The van der Waals surface area contributed by atoms with Crippen molar-refractivity contribution in [2.45, 2.75) is 6.92 Å².